The van der Waals surface area contributed by atoms with E-state index in [1.54, 1.807) is 4.88 Å². The molecule has 2 unspecified atom stereocenters. The van der Waals surface area contributed by atoms with Crippen molar-refractivity contribution >= 4 is 11.3 Å². The first-order valence-electron chi connectivity index (χ1n) is 5.41. The van der Waals surface area contributed by atoms with Crippen molar-refractivity contribution in [3.63, 3.8) is 0 Å². The van der Waals surface area contributed by atoms with E-state index in [2.05, 4.69) is 44.5 Å². The molecule has 1 nitrogen and oxygen atoms in total. The van der Waals surface area contributed by atoms with Crippen molar-refractivity contribution in [1.29, 1.82) is 0 Å². The topological polar surface area (TPSA) is 12.0 Å². The van der Waals surface area contributed by atoms with Crippen molar-refractivity contribution < 1.29 is 0 Å². The quantitative estimate of drug-likeness (QED) is 0.787. The van der Waals surface area contributed by atoms with Gasteiger partial charge in [-0.25, -0.2) is 0 Å². The van der Waals surface area contributed by atoms with Crippen LogP contribution in [0.5, 0.6) is 0 Å². The predicted octanol–water partition coefficient (Wildman–Crippen LogP) is 3.41. The Morgan fingerprint density at radius 2 is 2.14 bits per heavy atom. The molecule has 0 saturated heterocycles. The number of nitrogens with one attached hydrogen (secondary N) is 1. The van der Waals surface area contributed by atoms with E-state index in [0.717, 1.165) is 13.1 Å². The van der Waals surface area contributed by atoms with Crippen molar-refractivity contribution in [3.05, 3.63) is 21.9 Å². The zero-order chi connectivity index (χ0) is 10.6. The summed E-state index contributed by atoms with van der Waals surface area (Å²) < 4.78 is 0. The summed E-state index contributed by atoms with van der Waals surface area (Å²) in [6.45, 7) is 11.2. The molecule has 0 spiro atoms. The molecule has 14 heavy (non-hydrogen) atoms. The van der Waals surface area contributed by atoms with E-state index >= 15 is 0 Å². The molecule has 0 amide bonds. The van der Waals surface area contributed by atoms with Crippen LogP contribution in [0, 0.1) is 12.8 Å². The minimum atomic E-state index is 0.675. The van der Waals surface area contributed by atoms with E-state index in [1.165, 1.54) is 5.56 Å². The fraction of sp³-hybridized carbons (Fsp3) is 0.667. The third kappa shape index (κ3) is 2.82. The number of aryl methyl sites for hydroxylation is 1. The molecule has 1 N–H and O–H groups in total. The van der Waals surface area contributed by atoms with Crippen molar-refractivity contribution in [3.8, 4) is 0 Å². The van der Waals surface area contributed by atoms with Crippen LogP contribution in [0.15, 0.2) is 11.4 Å². The molecule has 0 bridgehead atoms. The summed E-state index contributed by atoms with van der Waals surface area (Å²) in [5.41, 5.74) is 1.45. The summed E-state index contributed by atoms with van der Waals surface area (Å²) in [6, 6.07) is 2.22. The normalized spacial score (nSPS) is 15.4. The Morgan fingerprint density at radius 1 is 1.43 bits per heavy atom. The Bertz CT molecular complexity index is 267. The van der Waals surface area contributed by atoms with Crippen LogP contribution in [0.4, 0.5) is 0 Å². The zero-order valence-electron chi connectivity index (χ0n) is 9.63. The summed E-state index contributed by atoms with van der Waals surface area (Å²) in [4.78, 5) is 1.55. The maximum Gasteiger partial charge on any atom is 0.0106 e. The van der Waals surface area contributed by atoms with Crippen molar-refractivity contribution in [1.82, 2.24) is 5.32 Å². The Morgan fingerprint density at radius 3 is 2.64 bits per heavy atom. The molecule has 1 aromatic rings. The van der Waals surface area contributed by atoms with Crippen LogP contribution >= 0.6 is 11.3 Å². The van der Waals surface area contributed by atoms with Gasteiger partial charge in [-0.1, -0.05) is 20.8 Å². The van der Waals surface area contributed by atoms with E-state index in [-0.39, 0.29) is 0 Å². The smallest absolute Gasteiger partial charge is 0.0106 e. The van der Waals surface area contributed by atoms with Gasteiger partial charge in [0.1, 0.15) is 0 Å². The Hall–Kier alpha value is -0.340. The van der Waals surface area contributed by atoms with Gasteiger partial charge in [0, 0.05) is 4.88 Å². The van der Waals surface area contributed by atoms with Gasteiger partial charge in [0.2, 0.25) is 0 Å². The lowest BCUT2D eigenvalue weighted by atomic mass is 9.93. The van der Waals surface area contributed by atoms with Gasteiger partial charge in [0.05, 0.1) is 0 Å². The van der Waals surface area contributed by atoms with E-state index < -0.39 is 0 Å². The molecule has 1 aromatic heterocycles. The average Bonchev–Trinajstić information content (AvgIpc) is 2.59. The summed E-state index contributed by atoms with van der Waals surface area (Å²) >= 11 is 1.89. The van der Waals surface area contributed by atoms with Crippen molar-refractivity contribution in [2.75, 3.05) is 13.1 Å². The van der Waals surface area contributed by atoms with Crippen LogP contribution in [0.3, 0.4) is 0 Å². The first-order chi connectivity index (χ1) is 6.66. The first kappa shape index (κ1) is 11.7. The molecular weight excluding hydrogens is 190 g/mol. The van der Waals surface area contributed by atoms with Crippen LogP contribution in [0.2, 0.25) is 0 Å². The van der Waals surface area contributed by atoms with Gasteiger partial charge in [0.15, 0.2) is 0 Å². The van der Waals surface area contributed by atoms with Gasteiger partial charge in [-0.15, -0.1) is 11.3 Å². The maximum absolute atomic E-state index is 3.41. The van der Waals surface area contributed by atoms with Crippen LogP contribution < -0.4 is 5.32 Å². The second-order valence-electron chi connectivity index (χ2n) is 4.04. The third-order valence-corrected chi connectivity index (χ3v) is 4.10. The minimum absolute atomic E-state index is 0.675. The van der Waals surface area contributed by atoms with E-state index in [9.17, 15) is 0 Å². The standard InChI is InChI=1S/C12H21NS/c1-5-13-8-10(3)11(4)12-9(2)6-7-14-12/h6-7,10-11,13H,5,8H2,1-4H3. The zero-order valence-corrected chi connectivity index (χ0v) is 10.4. The molecule has 80 valence electrons. The Balaban J connectivity index is 2.56. The number of rotatable bonds is 5. The van der Waals surface area contributed by atoms with Gasteiger partial charge < -0.3 is 5.32 Å². The molecule has 0 aliphatic heterocycles. The van der Waals surface area contributed by atoms with Crippen molar-refractivity contribution in [2.45, 2.75) is 33.6 Å². The van der Waals surface area contributed by atoms with E-state index in [4.69, 9.17) is 0 Å². The highest BCUT2D eigenvalue weighted by Gasteiger charge is 2.16. The van der Waals surface area contributed by atoms with Crippen LogP contribution in [-0.4, -0.2) is 13.1 Å². The predicted molar refractivity (Wildman–Crippen MR) is 65.2 cm³/mol. The fourth-order valence-electron chi connectivity index (χ4n) is 1.66. The average molecular weight is 211 g/mol. The number of thiophene rings is 1. The van der Waals surface area contributed by atoms with E-state index in [0.29, 0.717) is 11.8 Å². The van der Waals surface area contributed by atoms with Gasteiger partial charge >= 0.3 is 0 Å². The fourth-order valence-corrected chi connectivity index (χ4v) is 2.78. The van der Waals surface area contributed by atoms with Gasteiger partial charge in [0.25, 0.3) is 0 Å². The SMILES string of the molecule is CCNCC(C)C(C)c1sccc1C. The Labute approximate surface area is 91.5 Å². The highest BCUT2D eigenvalue weighted by molar-refractivity contribution is 7.10. The van der Waals surface area contributed by atoms with E-state index in [1.807, 2.05) is 11.3 Å². The van der Waals surface area contributed by atoms with Gasteiger partial charge in [-0.2, -0.15) is 0 Å². The monoisotopic (exact) mass is 211 g/mol. The molecule has 1 rings (SSSR count). The summed E-state index contributed by atoms with van der Waals surface area (Å²) in [6.07, 6.45) is 0. The second-order valence-corrected chi connectivity index (χ2v) is 4.99. The molecule has 0 aliphatic rings. The maximum atomic E-state index is 3.41. The first-order valence-corrected chi connectivity index (χ1v) is 6.29. The molecule has 0 aliphatic carbocycles. The molecule has 0 aromatic carbocycles. The van der Waals surface area contributed by atoms with Crippen LogP contribution in [0.25, 0.3) is 0 Å². The summed E-state index contributed by atoms with van der Waals surface area (Å²) in [7, 11) is 0. The molecule has 0 radical (unpaired) electrons. The summed E-state index contributed by atoms with van der Waals surface area (Å²) in [5.74, 6) is 1.39. The Kier molecular flexibility index (Phi) is 4.63. The second kappa shape index (κ2) is 5.52. The minimum Gasteiger partial charge on any atom is -0.317 e. The molecule has 2 heteroatoms. The van der Waals surface area contributed by atoms with Gasteiger partial charge in [-0.3, -0.25) is 0 Å². The van der Waals surface area contributed by atoms with Gasteiger partial charge in [-0.05, 0) is 48.9 Å². The lowest BCUT2D eigenvalue weighted by Gasteiger charge is -2.19. The summed E-state index contributed by atoms with van der Waals surface area (Å²) in [5, 5.41) is 5.61. The highest BCUT2D eigenvalue weighted by Crippen LogP contribution is 2.30. The molecule has 0 fully saturated rings. The van der Waals surface area contributed by atoms with Crippen LogP contribution in [0.1, 0.15) is 37.1 Å². The number of hydrogen-bond acceptors (Lipinski definition) is 2. The van der Waals surface area contributed by atoms with Crippen molar-refractivity contribution in [2.24, 2.45) is 5.92 Å². The lowest BCUT2D eigenvalue weighted by Crippen LogP contribution is -2.23. The molecule has 2 atom stereocenters. The largest absolute Gasteiger partial charge is 0.317 e. The molecule has 0 saturated carbocycles. The lowest BCUT2D eigenvalue weighted by molar-refractivity contribution is 0.457. The van der Waals surface area contributed by atoms with Crippen LogP contribution in [-0.2, 0) is 0 Å². The molecule has 1 heterocycles. The molecular formula is C12H21NS. The number of hydrogen-bond donors (Lipinski definition) is 1. The third-order valence-electron chi connectivity index (χ3n) is 2.89. The highest BCUT2D eigenvalue weighted by atomic mass is 32.1.